The number of aliphatic imine (C=N–C) groups is 1. The van der Waals surface area contributed by atoms with Gasteiger partial charge in [-0.25, -0.2) is 13.4 Å². The number of pyridine rings is 1. The van der Waals surface area contributed by atoms with Crippen molar-refractivity contribution in [3.63, 3.8) is 0 Å². The molecule has 1 fully saturated rings. The van der Waals surface area contributed by atoms with Crippen LogP contribution in [0.3, 0.4) is 0 Å². The molecule has 0 aliphatic carbocycles. The number of morpholine rings is 1. The van der Waals surface area contributed by atoms with Gasteiger partial charge in [0.25, 0.3) is 5.89 Å². The summed E-state index contributed by atoms with van der Waals surface area (Å²) >= 11 is 0. The fourth-order valence-electron chi connectivity index (χ4n) is 4.60. The molecule has 0 saturated carbocycles. The molecule has 1 saturated heterocycles. The van der Waals surface area contributed by atoms with Crippen LogP contribution >= 0.6 is 0 Å². The predicted octanol–water partition coefficient (Wildman–Crippen LogP) is 3.59. The molecule has 0 radical (unpaired) electrons. The molecule has 12 heteroatoms. The molecule has 2 aromatic heterocycles. The Hall–Kier alpha value is -4.55. The van der Waals surface area contributed by atoms with Gasteiger partial charge in [-0.1, -0.05) is 60.2 Å². The summed E-state index contributed by atoms with van der Waals surface area (Å²) < 4.78 is 35.9. The van der Waals surface area contributed by atoms with E-state index in [9.17, 15) is 8.42 Å². The van der Waals surface area contributed by atoms with Gasteiger partial charge in [0.05, 0.1) is 35.2 Å². The van der Waals surface area contributed by atoms with Crippen molar-refractivity contribution in [3.8, 4) is 11.6 Å². The Bertz CT molecular complexity index is 1700. The highest BCUT2D eigenvalue weighted by molar-refractivity contribution is 7.90. The molecule has 0 spiro atoms. The summed E-state index contributed by atoms with van der Waals surface area (Å²) in [6.07, 6.45) is 1.82. The fraction of sp³-hybridized carbons (Fsp3) is 0.214. The Morgan fingerprint density at radius 1 is 1.05 bits per heavy atom. The molecule has 1 atom stereocenters. The molecule has 0 bridgehead atoms. The minimum absolute atomic E-state index is 0.110. The van der Waals surface area contributed by atoms with Gasteiger partial charge in [0.15, 0.2) is 21.7 Å². The second-order valence-electron chi connectivity index (χ2n) is 9.41. The maximum absolute atomic E-state index is 12.2. The van der Waals surface area contributed by atoms with E-state index in [4.69, 9.17) is 14.1 Å². The monoisotopic (exact) mass is 557 g/mol. The van der Waals surface area contributed by atoms with Crippen LogP contribution in [0.5, 0.6) is 0 Å². The number of benzene rings is 2. The standard InChI is InChI=1S/C28H27N7O4S/c1-18-26(31-24(19-8-4-3-5-9-19)21-10-6-7-11-22(21)30-18)32-28-34-33-27(39-28)25-23(35-12-14-38-15-13-35)16-20(17-29-25)40(2,36)37/h3-11,16-17,26,30H,1,12-15H2,2H3,(H,32,34)/t26-/m1/s1. The zero-order chi connectivity index (χ0) is 27.7. The molecule has 6 rings (SSSR count). The van der Waals surface area contributed by atoms with Crippen molar-refractivity contribution in [2.45, 2.75) is 11.1 Å². The van der Waals surface area contributed by atoms with Gasteiger partial charge in [0.2, 0.25) is 0 Å². The minimum atomic E-state index is -3.47. The van der Waals surface area contributed by atoms with Crippen molar-refractivity contribution in [2.75, 3.05) is 48.1 Å². The average molecular weight is 558 g/mol. The maximum atomic E-state index is 12.2. The molecule has 2 aliphatic heterocycles. The molecule has 2 N–H and O–H groups in total. The van der Waals surface area contributed by atoms with E-state index in [1.54, 1.807) is 6.07 Å². The van der Waals surface area contributed by atoms with E-state index in [1.165, 1.54) is 6.20 Å². The van der Waals surface area contributed by atoms with Crippen LogP contribution in [-0.4, -0.2) is 68.0 Å². The van der Waals surface area contributed by atoms with Crippen LogP contribution in [0.1, 0.15) is 11.1 Å². The van der Waals surface area contributed by atoms with Gasteiger partial charge in [-0.2, -0.15) is 0 Å². The number of aromatic nitrogens is 3. The summed E-state index contributed by atoms with van der Waals surface area (Å²) in [5, 5.41) is 14.9. The van der Waals surface area contributed by atoms with Crippen molar-refractivity contribution < 1.29 is 17.6 Å². The SMILES string of the molecule is C=C1Nc2ccccc2C(c2ccccc2)=N[C@@H]1Nc1nnc(-c2ncc(S(C)(=O)=O)cc2N2CCOCC2)o1. The lowest BCUT2D eigenvalue weighted by molar-refractivity contribution is 0.122. The third kappa shape index (κ3) is 5.18. The van der Waals surface area contributed by atoms with E-state index in [1.807, 2.05) is 59.5 Å². The zero-order valence-corrected chi connectivity index (χ0v) is 22.6. The van der Waals surface area contributed by atoms with Crippen molar-refractivity contribution in [3.05, 3.63) is 90.3 Å². The average Bonchev–Trinajstić information content (AvgIpc) is 3.38. The second kappa shape index (κ2) is 10.5. The van der Waals surface area contributed by atoms with Crippen LogP contribution in [0, 0.1) is 0 Å². The summed E-state index contributed by atoms with van der Waals surface area (Å²) in [4.78, 5) is 11.5. The number of nitrogens with zero attached hydrogens (tertiary/aromatic N) is 5. The van der Waals surface area contributed by atoms with Crippen LogP contribution in [0.4, 0.5) is 17.4 Å². The fourth-order valence-corrected chi connectivity index (χ4v) is 5.17. The number of fused-ring (bicyclic) bond motifs is 1. The van der Waals surface area contributed by atoms with Crippen molar-refractivity contribution in [1.29, 1.82) is 0 Å². The smallest absolute Gasteiger partial charge is 0.317 e. The Morgan fingerprint density at radius 2 is 1.80 bits per heavy atom. The molecule has 2 aliphatic rings. The summed E-state index contributed by atoms with van der Waals surface area (Å²) in [5.41, 5.74) is 5.13. The van der Waals surface area contributed by atoms with Crippen LogP contribution in [-0.2, 0) is 14.6 Å². The summed E-state index contributed by atoms with van der Waals surface area (Å²) in [6.45, 7) is 6.37. The van der Waals surface area contributed by atoms with Gasteiger partial charge in [-0.15, -0.1) is 5.10 Å². The Labute approximate surface area is 231 Å². The number of nitrogens with one attached hydrogen (secondary N) is 2. The van der Waals surface area contributed by atoms with Crippen LogP contribution in [0.2, 0.25) is 0 Å². The number of hydrogen-bond acceptors (Lipinski definition) is 11. The molecule has 0 unspecified atom stereocenters. The first kappa shape index (κ1) is 25.7. The summed E-state index contributed by atoms with van der Waals surface area (Å²) in [6, 6.07) is 19.5. The lowest BCUT2D eigenvalue weighted by Crippen LogP contribution is -2.36. The molecule has 4 heterocycles. The largest absolute Gasteiger partial charge is 0.402 e. The number of benzodiazepines with no additional fused rings is 1. The van der Waals surface area contributed by atoms with Crippen LogP contribution < -0.4 is 15.5 Å². The van der Waals surface area contributed by atoms with Crippen LogP contribution in [0.15, 0.2) is 93.4 Å². The maximum Gasteiger partial charge on any atom is 0.317 e. The van der Waals surface area contributed by atoms with Gasteiger partial charge in [0, 0.05) is 42.4 Å². The minimum Gasteiger partial charge on any atom is -0.402 e. The van der Waals surface area contributed by atoms with Gasteiger partial charge >= 0.3 is 6.01 Å². The van der Waals surface area contributed by atoms with E-state index in [0.29, 0.717) is 43.4 Å². The molecular formula is C28H27N7O4S. The number of ether oxygens (including phenoxy) is 1. The Morgan fingerprint density at radius 3 is 2.58 bits per heavy atom. The number of hydrogen-bond donors (Lipinski definition) is 2. The van der Waals surface area contributed by atoms with Gasteiger partial charge in [-0.3, -0.25) is 4.99 Å². The molecule has 11 nitrogen and oxygen atoms in total. The molecule has 204 valence electrons. The van der Waals surface area contributed by atoms with E-state index < -0.39 is 16.0 Å². The first-order valence-corrected chi connectivity index (χ1v) is 14.6. The molecule has 4 aromatic rings. The highest BCUT2D eigenvalue weighted by Gasteiger charge is 2.26. The number of para-hydroxylation sites is 1. The summed E-state index contributed by atoms with van der Waals surface area (Å²) in [7, 11) is -3.47. The van der Waals surface area contributed by atoms with E-state index in [0.717, 1.165) is 28.8 Å². The quantitative estimate of drug-likeness (QED) is 0.362. The predicted molar refractivity (Wildman–Crippen MR) is 152 cm³/mol. The van der Waals surface area contributed by atoms with E-state index >= 15 is 0 Å². The Balaban J connectivity index is 1.34. The first-order chi connectivity index (χ1) is 19.4. The second-order valence-corrected chi connectivity index (χ2v) is 11.4. The van der Waals surface area contributed by atoms with Crippen molar-refractivity contribution in [1.82, 2.24) is 15.2 Å². The molecule has 0 amide bonds. The van der Waals surface area contributed by atoms with Gasteiger partial charge in [-0.05, 0) is 12.1 Å². The molecular weight excluding hydrogens is 530 g/mol. The number of sulfone groups is 1. The lowest BCUT2D eigenvalue weighted by Gasteiger charge is -2.29. The van der Waals surface area contributed by atoms with Crippen molar-refractivity contribution in [2.24, 2.45) is 4.99 Å². The Kier molecular flexibility index (Phi) is 6.78. The highest BCUT2D eigenvalue weighted by atomic mass is 32.2. The molecule has 40 heavy (non-hydrogen) atoms. The third-order valence-electron chi connectivity index (χ3n) is 6.62. The summed E-state index contributed by atoms with van der Waals surface area (Å²) in [5.74, 6) is 0.145. The van der Waals surface area contributed by atoms with Gasteiger partial charge in [0.1, 0.15) is 0 Å². The number of anilines is 3. The number of rotatable bonds is 6. The highest BCUT2D eigenvalue weighted by Crippen LogP contribution is 2.32. The first-order valence-electron chi connectivity index (χ1n) is 12.7. The topological polar surface area (TPSA) is 135 Å². The zero-order valence-electron chi connectivity index (χ0n) is 21.7. The van der Waals surface area contributed by atoms with E-state index in [2.05, 4.69) is 32.4 Å². The third-order valence-corrected chi connectivity index (χ3v) is 7.70. The normalized spacial score (nSPS) is 17.4. The van der Waals surface area contributed by atoms with E-state index in [-0.39, 0.29) is 16.8 Å². The lowest BCUT2D eigenvalue weighted by atomic mass is 10.0. The van der Waals surface area contributed by atoms with Crippen LogP contribution in [0.25, 0.3) is 11.6 Å². The van der Waals surface area contributed by atoms with Gasteiger partial charge < -0.3 is 24.7 Å². The van der Waals surface area contributed by atoms with Crippen molar-refractivity contribution >= 4 is 32.9 Å². The molecule has 2 aromatic carbocycles.